The van der Waals surface area contributed by atoms with Crippen LogP contribution in [0.5, 0.6) is 0 Å². The van der Waals surface area contributed by atoms with Crippen molar-refractivity contribution >= 4 is 0 Å². The first kappa shape index (κ1) is 14.3. The second-order valence-electron chi connectivity index (χ2n) is 6.37. The van der Waals surface area contributed by atoms with Gasteiger partial charge in [-0.2, -0.15) is 0 Å². The Morgan fingerprint density at radius 1 is 0.810 bits per heavy atom. The van der Waals surface area contributed by atoms with Gasteiger partial charge in [-0.3, -0.25) is 0 Å². The second-order valence-corrected chi connectivity index (χ2v) is 6.37. The zero-order valence-electron chi connectivity index (χ0n) is 12.8. The first-order chi connectivity index (χ1) is 10.2. The van der Waals surface area contributed by atoms with E-state index in [9.17, 15) is 5.11 Å². The Hall–Kier alpha value is -1.60. The van der Waals surface area contributed by atoms with Gasteiger partial charge in [-0.05, 0) is 29.5 Å². The Bertz CT molecular complexity index is 565. The minimum Gasteiger partial charge on any atom is -0.389 e. The van der Waals surface area contributed by atoms with Gasteiger partial charge in [-0.25, -0.2) is 0 Å². The third-order valence-corrected chi connectivity index (χ3v) is 5.04. The van der Waals surface area contributed by atoms with Crippen LogP contribution in [0.25, 0.3) is 11.1 Å². The molecule has 0 amide bonds. The summed E-state index contributed by atoms with van der Waals surface area (Å²) in [7, 11) is 0. The lowest BCUT2D eigenvalue weighted by atomic mass is 9.73. The molecule has 3 rings (SSSR count). The van der Waals surface area contributed by atoms with Crippen LogP contribution in [0, 0.1) is 0 Å². The molecule has 2 aromatic rings. The van der Waals surface area contributed by atoms with Gasteiger partial charge in [0.25, 0.3) is 0 Å². The quantitative estimate of drug-likeness (QED) is 0.824. The first-order valence-electron chi connectivity index (χ1n) is 8.07. The molecule has 2 aromatic carbocycles. The summed E-state index contributed by atoms with van der Waals surface area (Å²) >= 11 is 0. The van der Waals surface area contributed by atoms with Crippen LogP contribution in [0.4, 0.5) is 0 Å². The Morgan fingerprint density at radius 2 is 1.38 bits per heavy atom. The molecule has 0 heterocycles. The van der Waals surface area contributed by atoms with Crippen molar-refractivity contribution in [3.05, 3.63) is 60.2 Å². The Labute approximate surface area is 127 Å². The van der Waals surface area contributed by atoms with E-state index in [1.165, 1.54) is 23.1 Å². The SMILES string of the molecule is CC(c1ccc(-c2ccccc2)cc1)C1(O)CCCCC1. The lowest BCUT2D eigenvalue weighted by Crippen LogP contribution is -2.36. The van der Waals surface area contributed by atoms with Gasteiger partial charge in [-0.1, -0.05) is 80.8 Å². The third kappa shape index (κ3) is 3.03. The highest BCUT2D eigenvalue weighted by Crippen LogP contribution is 2.39. The number of benzene rings is 2. The fourth-order valence-corrected chi connectivity index (χ4v) is 3.50. The molecule has 1 heteroatoms. The van der Waals surface area contributed by atoms with Crippen molar-refractivity contribution in [2.75, 3.05) is 0 Å². The van der Waals surface area contributed by atoms with Crippen LogP contribution in [0.15, 0.2) is 54.6 Å². The number of rotatable bonds is 3. The average Bonchev–Trinajstić information content (AvgIpc) is 2.56. The summed E-state index contributed by atoms with van der Waals surface area (Å²) < 4.78 is 0. The summed E-state index contributed by atoms with van der Waals surface area (Å²) in [6.07, 6.45) is 5.46. The summed E-state index contributed by atoms with van der Waals surface area (Å²) in [5.74, 6) is 0.211. The van der Waals surface area contributed by atoms with Crippen molar-refractivity contribution in [1.82, 2.24) is 0 Å². The van der Waals surface area contributed by atoms with E-state index in [1.807, 2.05) is 6.07 Å². The van der Waals surface area contributed by atoms with E-state index in [-0.39, 0.29) is 5.92 Å². The van der Waals surface area contributed by atoms with Crippen molar-refractivity contribution < 1.29 is 5.11 Å². The zero-order valence-corrected chi connectivity index (χ0v) is 12.8. The molecule has 1 nitrogen and oxygen atoms in total. The molecular weight excluding hydrogens is 256 g/mol. The predicted octanol–water partition coefficient (Wildman–Crippen LogP) is 5.15. The molecule has 0 aromatic heterocycles. The van der Waals surface area contributed by atoms with E-state index < -0.39 is 5.60 Å². The van der Waals surface area contributed by atoms with Crippen LogP contribution in [0.2, 0.25) is 0 Å². The molecule has 1 N–H and O–H groups in total. The van der Waals surface area contributed by atoms with Gasteiger partial charge < -0.3 is 5.11 Å². The van der Waals surface area contributed by atoms with Crippen molar-refractivity contribution in [1.29, 1.82) is 0 Å². The van der Waals surface area contributed by atoms with Crippen molar-refractivity contribution in [2.24, 2.45) is 0 Å². The topological polar surface area (TPSA) is 20.2 Å². The summed E-state index contributed by atoms with van der Waals surface area (Å²) in [5.41, 5.74) is 3.22. The smallest absolute Gasteiger partial charge is 0.0713 e. The molecule has 0 spiro atoms. The lowest BCUT2D eigenvalue weighted by Gasteiger charge is -2.37. The van der Waals surface area contributed by atoms with Crippen LogP contribution in [-0.4, -0.2) is 10.7 Å². The Balaban J connectivity index is 1.80. The summed E-state index contributed by atoms with van der Waals surface area (Å²) in [6.45, 7) is 2.17. The molecule has 0 radical (unpaired) electrons. The number of hydrogen-bond donors (Lipinski definition) is 1. The summed E-state index contributed by atoms with van der Waals surface area (Å²) in [5, 5.41) is 10.9. The predicted molar refractivity (Wildman–Crippen MR) is 88.3 cm³/mol. The maximum atomic E-state index is 10.9. The summed E-state index contributed by atoms with van der Waals surface area (Å²) in [6, 6.07) is 19.1. The van der Waals surface area contributed by atoms with Crippen LogP contribution in [0.3, 0.4) is 0 Å². The van der Waals surface area contributed by atoms with Gasteiger partial charge in [0.05, 0.1) is 5.60 Å². The molecule has 110 valence electrons. The highest BCUT2D eigenvalue weighted by atomic mass is 16.3. The van der Waals surface area contributed by atoms with Gasteiger partial charge in [0.15, 0.2) is 0 Å². The van der Waals surface area contributed by atoms with Gasteiger partial charge in [0, 0.05) is 5.92 Å². The van der Waals surface area contributed by atoms with Crippen LogP contribution in [-0.2, 0) is 0 Å². The van der Waals surface area contributed by atoms with E-state index in [0.29, 0.717) is 0 Å². The zero-order chi connectivity index (χ0) is 14.7. The molecule has 0 bridgehead atoms. The Kier molecular flexibility index (Phi) is 4.12. The molecule has 1 saturated carbocycles. The molecule has 1 fully saturated rings. The van der Waals surface area contributed by atoms with Crippen molar-refractivity contribution in [2.45, 2.75) is 50.5 Å². The third-order valence-electron chi connectivity index (χ3n) is 5.04. The highest BCUT2D eigenvalue weighted by molar-refractivity contribution is 5.63. The molecule has 1 aliphatic rings. The largest absolute Gasteiger partial charge is 0.389 e. The van der Waals surface area contributed by atoms with Crippen molar-refractivity contribution in [3.8, 4) is 11.1 Å². The maximum absolute atomic E-state index is 10.9. The second kappa shape index (κ2) is 6.03. The van der Waals surface area contributed by atoms with Crippen LogP contribution >= 0.6 is 0 Å². The van der Waals surface area contributed by atoms with Crippen molar-refractivity contribution in [3.63, 3.8) is 0 Å². The fraction of sp³-hybridized carbons (Fsp3) is 0.400. The van der Waals surface area contributed by atoms with E-state index in [1.54, 1.807) is 0 Å². The normalized spacial score (nSPS) is 19.1. The average molecular weight is 280 g/mol. The monoisotopic (exact) mass is 280 g/mol. The highest BCUT2D eigenvalue weighted by Gasteiger charge is 2.35. The minimum atomic E-state index is -0.507. The fourth-order valence-electron chi connectivity index (χ4n) is 3.50. The van der Waals surface area contributed by atoms with E-state index in [0.717, 1.165) is 25.7 Å². The number of aliphatic hydroxyl groups is 1. The van der Waals surface area contributed by atoms with Gasteiger partial charge in [0.1, 0.15) is 0 Å². The molecule has 1 atom stereocenters. The van der Waals surface area contributed by atoms with Crippen LogP contribution < -0.4 is 0 Å². The molecule has 1 unspecified atom stereocenters. The molecule has 0 saturated heterocycles. The van der Waals surface area contributed by atoms with E-state index in [4.69, 9.17) is 0 Å². The molecule has 0 aliphatic heterocycles. The number of hydrogen-bond acceptors (Lipinski definition) is 1. The molecular formula is C20H24O. The molecule has 1 aliphatic carbocycles. The van der Waals surface area contributed by atoms with E-state index >= 15 is 0 Å². The van der Waals surface area contributed by atoms with Gasteiger partial charge >= 0.3 is 0 Å². The lowest BCUT2D eigenvalue weighted by molar-refractivity contribution is -0.0168. The standard InChI is InChI=1S/C20H24O/c1-16(20(21)14-6-3-7-15-20)17-10-12-19(13-11-17)18-8-4-2-5-9-18/h2,4-5,8-13,16,21H,3,6-7,14-15H2,1H3. The Morgan fingerprint density at radius 3 is 2.00 bits per heavy atom. The van der Waals surface area contributed by atoms with Gasteiger partial charge in [0.2, 0.25) is 0 Å². The van der Waals surface area contributed by atoms with E-state index in [2.05, 4.69) is 55.5 Å². The maximum Gasteiger partial charge on any atom is 0.0713 e. The van der Waals surface area contributed by atoms with Gasteiger partial charge in [-0.15, -0.1) is 0 Å². The first-order valence-corrected chi connectivity index (χ1v) is 8.07. The molecule has 21 heavy (non-hydrogen) atoms. The van der Waals surface area contributed by atoms with Crippen LogP contribution in [0.1, 0.15) is 50.5 Å². The summed E-state index contributed by atoms with van der Waals surface area (Å²) in [4.78, 5) is 0. The minimum absolute atomic E-state index is 0.211.